The van der Waals surface area contributed by atoms with Crippen LogP contribution in [0.2, 0.25) is 0 Å². The van der Waals surface area contributed by atoms with Gasteiger partial charge in [-0.15, -0.1) is 0 Å². The Balaban J connectivity index is 1.69. The van der Waals surface area contributed by atoms with Gasteiger partial charge in [0.15, 0.2) is 0 Å². The van der Waals surface area contributed by atoms with E-state index in [-0.39, 0.29) is 5.41 Å². The maximum absolute atomic E-state index is 3.86. The minimum absolute atomic E-state index is 0.135. The fraction of sp³-hybridized carbons (Fsp3) is 0.400. The maximum atomic E-state index is 3.86. The Morgan fingerprint density at radius 3 is 2.00 bits per heavy atom. The molecule has 1 aliphatic carbocycles. The summed E-state index contributed by atoms with van der Waals surface area (Å²) in [5, 5.41) is 3.86. The van der Waals surface area contributed by atoms with E-state index in [0.29, 0.717) is 12.1 Å². The Kier molecular flexibility index (Phi) is 3.86. The molecule has 0 spiro atoms. The Morgan fingerprint density at radius 2 is 1.43 bits per heavy atom. The Hall–Kier alpha value is -1.60. The van der Waals surface area contributed by atoms with E-state index in [1.165, 1.54) is 16.7 Å². The second kappa shape index (κ2) is 5.65. The number of hydrogen-bond acceptors (Lipinski definition) is 1. The third-order valence-electron chi connectivity index (χ3n) is 5.14. The van der Waals surface area contributed by atoms with Crippen LogP contribution in [0, 0.1) is 0 Å². The van der Waals surface area contributed by atoms with Crippen LogP contribution in [0.15, 0.2) is 54.6 Å². The molecule has 1 atom stereocenters. The minimum atomic E-state index is 0.135. The fourth-order valence-corrected chi connectivity index (χ4v) is 3.36. The monoisotopic (exact) mass is 279 g/mol. The van der Waals surface area contributed by atoms with Crippen LogP contribution >= 0.6 is 0 Å². The average molecular weight is 279 g/mol. The van der Waals surface area contributed by atoms with E-state index >= 15 is 0 Å². The first kappa shape index (κ1) is 14.3. The quantitative estimate of drug-likeness (QED) is 0.888. The molecule has 0 bridgehead atoms. The molecule has 21 heavy (non-hydrogen) atoms. The van der Waals surface area contributed by atoms with Gasteiger partial charge in [-0.25, -0.2) is 0 Å². The third-order valence-corrected chi connectivity index (χ3v) is 5.14. The van der Waals surface area contributed by atoms with Crippen LogP contribution in [0.3, 0.4) is 0 Å². The molecule has 0 aromatic heterocycles. The lowest BCUT2D eigenvalue weighted by molar-refractivity contribution is 0.328. The van der Waals surface area contributed by atoms with Crippen LogP contribution in [-0.2, 0) is 18.3 Å². The highest BCUT2D eigenvalue weighted by atomic mass is 15.0. The van der Waals surface area contributed by atoms with E-state index in [0.717, 1.165) is 12.8 Å². The molecule has 1 unspecified atom stereocenters. The highest BCUT2D eigenvalue weighted by molar-refractivity contribution is 5.33. The van der Waals surface area contributed by atoms with Crippen molar-refractivity contribution < 1.29 is 0 Å². The van der Waals surface area contributed by atoms with Gasteiger partial charge in [0.05, 0.1) is 0 Å². The number of benzene rings is 2. The van der Waals surface area contributed by atoms with E-state index < -0.39 is 0 Å². The predicted octanol–water partition coefficient (Wildman–Crippen LogP) is 4.11. The molecule has 2 aromatic carbocycles. The molecule has 3 rings (SSSR count). The van der Waals surface area contributed by atoms with E-state index in [1.54, 1.807) is 0 Å². The number of fused-ring (bicyclic) bond motifs is 1. The third kappa shape index (κ3) is 2.89. The predicted molar refractivity (Wildman–Crippen MR) is 89.7 cm³/mol. The molecular formula is C20H25N. The molecular weight excluding hydrogens is 254 g/mol. The van der Waals surface area contributed by atoms with Gasteiger partial charge < -0.3 is 5.32 Å². The highest BCUT2D eigenvalue weighted by Gasteiger charge is 2.31. The molecule has 2 aromatic rings. The van der Waals surface area contributed by atoms with Crippen molar-refractivity contribution in [2.24, 2.45) is 0 Å². The molecule has 0 heterocycles. The van der Waals surface area contributed by atoms with E-state index in [4.69, 9.17) is 0 Å². The molecule has 0 radical (unpaired) electrons. The fourth-order valence-electron chi connectivity index (χ4n) is 3.36. The van der Waals surface area contributed by atoms with Crippen LogP contribution < -0.4 is 5.32 Å². The van der Waals surface area contributed by atoms with Crippen LogP contribution in [0.4, 0.5) is 0 Å². The van der Waals surface area contributed by atoms with Gasteiger partial charge in [-0.3, -0.25) is 0 Å². The molecule has 1 heteroatoms. The first-order chi connectivity index (χ1) is 10.1. The Bertz CT molecular complexity index is 575. The van der Waals surface area contributed by atoms with Crippen LogP contribution in [-0.4, -0.2) is 12.1 Å². The number of rotatable bonds is 4. The smallest absolute Gasteiger partial charge is 0.0151 e. The molecule has 1 nitrogen and oxygen atoms in total. The maximum Gasteiger partial charge on any atom is 0.0151 e. The molecule has 0 fully saturated rings. The zero-order chi connectivity index (χ0) is 14.9. The standard InChI is InChI=1S/C20H25N/c1-15(20(2,3)18-11-5-4-6-12-18)21-19-13-16-9-7-8-10-17(16)14-19/h4-12,15,19,21H,13-14H2,1-3H3. The zero-order valence-corrected chi connectivity index (χ0v) is 13.3. The van der Waals surface area contributed by atoms with Crippen molar-refractivity contribution in [1.29, 1.82) is 0 Å². The second-order valence-electron chi connectivity index (χ2n) is 6.85. The number of hydrogen-bond donors (Lipinski definition) is 1. The van der Waals surface area contributed by atoms with Gasteiger partial charge in [-0.2, -0.15) is 0 Å². The summed E-state index contributed by atoms with van der Waals surface area (Å²) in [6.45, 7) is 6.99. The molecule has 1 N–H and O–H groups in total. The van der Waals surface area contributed by atoms with Gasteiger partial charge in [0.2, 0.25) is 0 Å². The molecule has 0 aliphatic heterocycles. The van der Waals surface area contributed by atoms with Crippen molar-refractivity contribution in [3.63, 3.8) is 0 Å². The van der Waals surface area contributed by atoms with Gasteiger partial charge in [0, 0.05) is 17.5 Å². The van der Waals surface area contributed by atoms with E-state index in [2.05, 4.69) is 80.7 Å². The largest absolute Gasteiger partial charge is 0.310 e. The molecule has 0 amide bonds. The van der Waals surface area contributed by atoms with Gasteiger partial charge in [-0.1, -0.05) is 68.4 Å². The summed E-state index contributed by atoms with van der Waals surface area (Å²) in [6, 6.07) is 20.7. The van der Waals surface area contributed by atoms with Crippen molar-refractivity contribution >= 4 is 0 Å². The van der Waals surface area contributed by atoms with Crippen LogP contribution in [0.1, 0.15) is 37.5 Å². The normalized spacial score (nSPS) is 16.7. The molecule has 0 saturated heterocycles. The summed E-state index contributed by atoms with van der Waals surface area (Å²) in [5.74, 6) is 0. The van der Waals surface area contributed by atoms with Gasteiger partial charge in [-0.05, 0) is 36.5 Å². The summed E-state index contributed by atoms with van der Waals surface area (Å²) in [7, 11) is 0. The van der Waals surface area contributed by atoms with E-state index in [9.17, 15) is 0 Å². The summed E-state index contributed by atoms with van der Waals surface area (Å²) >= 11 is 0. The minimum Gasteiger partial charge on any atom is -0.310 e. The van der Waals surface area contributed by atoms with Crippen LogP contribution in [0.5, 0.6) is 0 Å². The van der Waals surface area contributed by atoms with E-state index in [1.807, 2.05) is 0 Å². The lowest BCUT2D eigenvalue weighted by Gasteiger charge is -2.35. The summed E-state index contributed by atoms with van der Waals surface area (Å²) in [4.78, 5) is 0. The SMILES string of the molecule is CC(NC1Cc2ccccc2C1)C(C)(C)c1ccccc1. The molecule has 0 saturated carbocycles. The lowest BCUT2D eigenvalue weighted by atomic mass is 9.78. The first-order valence-electron chi connectivity index (χ1n) is 7.96. The van der Waals surface area contributed by atoms with Gasteiger partial charge in [0.25, 0.3) is 0 Å². The Morgan fingerprint density at radius 1 is 0.905 bits per heavy atom. The van der Waals surface area contributed by atoms with Crippen molar-refractivity contribution in [2.45, 2.75) is 51.1 Å². The summed E-state index contributed by atoms with van der Waals surface area (Å²) in [5.41, 5.74) is 4.57. The van der Waals surface area contributed by atoms with Gasteiger partial charge >= 0.3 is 0 Å². The first-order valence-corrected chi connectivity index (χ1v) is 7.96. The van der Waals surface area contributed by atoms with Crippen molar-refractivity contribution in [3.8, 4) is 0 Å². The Labute approximate surface area is 128 Å². The van der Waals surface area contributed by atoms with Crippen LogP contribution in [0.25, 0.3) is 0 Å². The van der Waals surface area contributed by atoms with Crippen molar-refractivity contribution in [3.05, 3.63) is 71.3 Å². The van der Waals surface area contributed by atoms with Crippen molar-refractivity contribution in [1.82, 2.24) is 5.32 Å². The summed E-state index contributed by atoms with van der Waals surface area (Å²) in [6.07, 6.45) is 2.32. The second-order valence-corrected chi connectivity index (χ2v) is 6.85. The van der Waals surface area contributed by atoms with Crippen molar-refractivity contribution in [2.75, 3.05) is 0 Å². The van der Waals surface area contributed by atoms with Gasteiger partial charge in [0.1, 0.15) is 0 Å². The lowest BCUT2D eigenvalue weighted by Crippen LogP contribution is -2.47. The molecule has 1 aliphatic rings. The topological polar surface area (TPSA) is 12.0 Å². The molecule has 110 valence electrons. The highest BCUT2D eigenvalue weighted by Crippen LogP contribution is 2.29. The average Bonchev–Trinajstić information content (AvgIpc) is 2.90. The summed E-state index contributed by atoms with van der Waals surface area (Å²) < 4.78 is 0. The zero-order valence-electron chi connectivity index (χ0n) is 13.3. The number of nitrogens with one attached hydrogen (secondary N) is 1.